The van der Waals surface area contributed by atoms with E-state index in [2.05, 4.69) is 30.6 Å². The zero-order valence-electron chi connectivity index (χ0n) is 11.5. The van der Waals surface area contributed by atoms with E-state index in [1.165, 1.54) is 6.07 Å². The van der Waals surface area contributed by atoms with Gasteiger partial charge in [0.05, 0.1) is 24.7 Å². The number of halogens is 3. The molecule has 0 spiro atoms. The second-order valence-electron chi connectivity index (χ2n) is 5.02. The van der Waals surface area contributed by atoms with Crippen molar-refractivity contribution in [2.75, 3.05) is 6.61 Å². The highest BCUT2D eigenvalue weighted by molar-refractivity contribution is 9.10. The normalized spacial score (nSPS) is 14.2. The molecule has 1 heterocycles. The van der Waals surface area contributed by atoms with E-state index in [9.17, 15) is 8.78 Å². The molecule has 1 saturated carbocycles. The second-order valence-corrected chi connectivity index (χ2v) is 5.83. The molecule has 1 aliphatic rings. The van der Waals surface area contributed by atoms with Gasteiger partial charge in [-0.15, -0.1) is 0 Å². The fourth-order valence-corrected chi connectivity index (χ4v) is 2.26. The molecule has 22 heavy (non-hydrogen) atoms. The van der Waals surface area contributed by atoms with Crippen molar-refractivity contribution in [1.29, 1.82) is 0 Å². The molecule has 0 aliphatic heterocycles. The monoisotopic (exact) mass is 370 g/mol. The summed E-state index contributed by atoms with van der Waals surface area (Å²) in [7, 11) is 0. The SMILES string of the molecule is FC(F)Oc1ccc(-c2cncc(Br)n2)cc1OCC1CC1. The lowest BCUT2D eigenvalue weighted by Gasteiger charge is -2.13. The third-order valence-electron chi connectivity index (χ3n) is 3.23. The molecule has 0 radical (unpaired) electrons. The van der Waals surface area contributed by atoms with Crippen molar-refractivity contribution in [2.24, 2.45) is 5.92 Å². The van der Waals surface area contributed by atoms with Gasteiger partial charge < -0.3 is 9.47 Å². The Morgan fingerprint density at radius 3 is 2.73 bits per heavy atom. The minimum absolute atomic E-state index is 0.0300. The Labute approximate surface area is 134 Å². The second kappa shape index (κ2) is 6.56. The summed E-state index contributed by atoms with van der Waals surface area (Å²) in [4.78, 5) is 8.34. The van der Waals surface area contributed by atoms with Crippen molar-refractivity contribution in [3.63, 3.8) is 0 Å². The molecule has 0 N–H and O–H groups in total. The van der Waals surface area contributed by atoms with Gasteiger partial charge in [0, 0.05) is 5.56 Å². The zero-order chi connectivity index (χ0) is 15.5. The highest BCUT2D eigenvalue weighted by Crippen LogP contribution is 2.36. The van der Waals surface area contributed by atoms with E-state index < -0.39 is 6.61 Å². The van der Waals surface area contributed by atoms with E-state index in [0.29, 0.717) is 28.6 Å². The van der Waals surface area contributed by atoms with Crippen LogP contribution in [0.5, 0.6) is 11.5 Å². The van der Waals surface area contributed by atoms with Gasteiger partial charge in [0.15, 0.2) is 11.5 Å². The number of hydrogen-bond acceptors (Lipinski definition) is 4. The van der Waals surface area contributed by atoms with Gasteiger partial charge in [0.2, 0.25) is 0 Å². The van der Waals surface area contributed by atoms with E-state index in [0.717, 1.165) is 18.4 Å². The predicted molar refractivity (Wildman–Crippen MR) is 80.0 cm³/mol. The standard InChI is InChI=1S/C15H13BrF2N2O2/c16-14-7-19-6-11(20-14)10-3-4-12(22-15(17)18)13(5-10)21-8-9-1-2-9/h3-7,9,15H,1-2,8H2. The average Bonchev–Trinajstić information content (AvgIpc) is 3.30. The Bertz CT molecular complexity index is 666. The average molecular weight is 371 g/mol. The van der Waals surface area contributed by atoms with E-state index in [4.69, 9.17) is 4.74 Å². The number of hydrogen-bond donors (Lipinski definition) is 0. The van der Waals surface area contributed by atoms with Crippen molar-refractivity contribution in [1.82, 2.24) is 9.97 Å². The number of benzene rings is 1. The fraction of sp³-hybridized carbons (Fsp3) is 0.333. The Balaban J connectivity index is 1.89. The molecule has 7 heteroatoms. The summed E-state index contributed by atoms with van der Waals surface area (Å²) >= 11 is 3.25. The molecule has 1 fully saturated rings. The maximum atomic E-state index is 12.5. The first-order valence-corrected chi connectivity index (χ1v) is 7.60. The lowest BCUT2D eigenvalue weighted by Crippen LogP contribution is -2.06. The van der Waals surface area contributed by atoms with E-state index in [-0.39, 0.29) is 5.75 Å². The Kier molecular flexibility index (Phi) is 4.52. The van der Waals surface area contributed by atoms with Gasteiger partial charge in [0.25, 0.3) is 0 Å². The van der Waals surface area contributed by atoms with Crippen LogP contribution in [-0.4, -0.2) is 23.2 Å². The van der Waals surface area contributed by atoms with Crippen molar-refractivity contribution in [3.8, 4) is 22.8 Å². The lowest BCUT2D eigenvalue weighted by atomic mass is 10.1. The van der Waals surface area contributed by atoms with E-state index in [1.807, 2.05) is 0 Å². The third-order valence-corrected chi connectivity index (χ3v) is 3.61. The van der Waals surface area contributed by atoms with Crippen LogP contribution in [0.25, 0.3) is 11.3 Å². The molecule has 1 aromatic carbocycles. The molecule has 0 amide bonds. The molecular formula is C15H13BrF2N2O2. The van der Waals surface area contributed by atoms with Crippen molar-refractivity contribution < 1.29 is 18.3 Å². The van der Waals surface area contributed by atoms with Gasteiger partial charge in [-0.1, -0.05) is 0 Å². The molecule has 0 unspecified atom stereocenters. The van der Waals surface area contributed by atoms with Crippen LogP contribution in [0.15, 0.2) is 35.2 Å². The van der Waals surface area contributed by atoms with Crippen LogP contribution >= 0.6 is 15.9 Å². The molecule has 4 nitrogen and oxygen atoms in total. The van der Waals surface area contributed by atoms with Gasteiger partial charge in [-0.3, -0.25) is 4.98 Å². The third kappa shape index (κ3) is 3.91. The molecule has 0 atom stereocenters. The number of ether oxygens (including phenoxy) is 2. The van der Waals surface area contributed by atoms with Gasteiger partial charge in [0.1, 0.15) is 4.60 Å². The van der Waals surface area contributed by atoms with Crippen molar-refractivity contribution >= 4 is 15.9 Å². The first-order valence-electron chi connectivity index (χ1n) is 6.81. The van der Waals surface area contributed by atoms with Crippen LogP contribution in [0.3, 0.4) is 0 Å². The molecule has 0 saturated heterocycles. The maximum Gasteiger partial charge on any atom is 0.387 e. The molecule has 3 rings (SSSR count). The summed E-state index contributed by atoms with van der Waals surface area (Å²) in [6.07, 6.45) is 5.39. The van der Waals surface area contributed by atoms with Crippen LogP contribution in [0.4, 0.5) is 8.78 Å². The van der Waals surface area contributed by atoms with Crippen molar-refractivity contribution in [2.45, 2.75) is 19.5 Å². The molecule has 1 aromatic heterocycles. The van der Waals surface area contributed by atoms with Crippen LogP contribution in [0, 0.1) is 5.92 Å². The van der Waals surface area contributed by atoms with Gasteiger partial charge in [-0.25, -0.2) is 4.98 Å². The topological polar surface area (TPSA) is 44.2 Å². The highest BCUT2D eigenvalue weighted by Gasteiger charge is 2.23. The first kappa shape index (κ1) is 15.1. The summed E-state index contributed by atoms with van der Waals surface area (Å²) in [5.74, 6) is 0.836. The van der Waals surface area contributed by atoms with Gasteiger partial charge in [-0.2, -0.15) is 8.78 Å². The molecular weight excluding hydrogens is 358 g/mol. The summed E-state index contributed by atoms with van der Waals surface area (Å²) < 4.78 is 35.7. The Morgan fingerprint density at radius 2 is 2.05 bits per heavy atom. The fourth-order valence-electron chi connectivity index (χ4n) is 1.95. The minimum Gasteiger partial charge on any atom is -0.489 e. The highest BCUT2D eigenvalue weighted by atomic mass is 79.9. The van der Waals surface area contributed by atoms with Gasteiger partial charge in [-0.05, 0) is 52.9 Å². The molecule has 1 aliphatic carbocycles. The minimum atomic E-state index is -2.89. The van der Waals surface area contributed by atoms with E-state index >= 15 is 0 Å². The molecule has 2 aromatic rings. The largest absolute Gasteiger partial charge is 0.489 e. The van der Waals surface area contributed by atoms with Crippen LogP contribution in [0.1, 0.15) is 12.8 Å². The predicted octanol–water partition coefficient (Wildman–Crippen LogP) is 4.30. The zero-order valence-corrected chi connectivity index (χ0v) is 13.1. The number of rotatable bonds is 6. The van der Waals surface area contributed by atoms with Crippen LogP contribution in [0.2, 0.25) is 0 Å². The lowest BCUT2D eigenvalue weighted by molar-refractivity contribution is -0.0515. The van der Waals surface area contributed by atoms with Crippen LogP contribution in [-0.2, 0) is 0 Å². The number of aromatic nitrogens is 2. The summed E-state index contributed by atoms with van der Waals surface area (Å²) in [5.41, 5.74) is 1.34. The maximum absolute atomic E-state index is 12.5. The number of alkyl halides is 2. The quantitative estimate of drug-likeness (QED) is 0.760. The van der Waals surface area contributed by atoms with Crippen LogP contribution < -0.4 is 9.47 Å². The summed E-state index contributed by atoms with van der Waals surface area (Å²) in [5, 5.41) is 0. The van der Waals surface area contributed by atoms with Gasteiger partial charge >= 0.3 is 6.61 Å². The first-order chi connectivity index (χ1) is 10.6. The molecule has 0 bridgehead atoms. The summed E-state index contributed by atoms with van der Waals surface area (Å²) in [6.45, 7) is -2.38. The smallest absolute Gasteiger partial charge is 0.387 e. The Hall–Kier alpha value is -1.76. The number of nitrogens with zero attached hydrogens (tertiary/aromatic N) is 2. The van der Waals surface area contributed by atoms with E-state index in [1.54, 1.807) is 24.5 Å². The van der Waals surface area contributed by atoms with Crippen molar-refractivity contribution in [3.05, 3.63) is 35.2 Å². The summed E-state index contributed by atoms with van der Waals surface area (Å²) in [6, 6.07) is 4.76. The Morgan fingerprint density at radius 1 is 1.23 bits per heavy atom. The molecule has 116 valence electrons.